The van der Waals surface area contributed by atoms with E-state index in [1.807, 2.05) is 0 Å². The van der Waals surface area contributed by atoms with Gasteiger partial charge in [0.25, 0.3) is 0 Å². The molecule has 6 heteroatoms. The first-order chi connectivity index (χ1) is 10.9. The fraction of sp³-hybridized carbons (Fsp3) is 0.353. The van der Waals surface area contributed by atoms with Crippen LogP contribution in [0, 0.1) is 0 Å². The summed E-state index contributed by atoms with van der Waals surface area (Å²) >= 11 is 0. The van der Waals surface area contributed by atoms with Gasteiger partial charge in [0.2, 0.25) is 0 Å². The van der Waals surface area contributed by atoms with Crippen molar-refractivity contribution >= 4 is 17.3 Å². The Morgan fingerprint density at radius 1 is 1.13 bits per heavy atom. The highest BCUT2D eigenvalue weighted by Gasteiger charge is 2.34. The molecule has 2 rings (SSSR count). The topological polar surface area (TPSA) is 89.9 Å². The van der Waals surface area contributed by atoms with Gasteiger partial charge in [0.05, 0.1) is 31.5 Å². The van der Waals surface area contributed by atoms with Crippen molar-refractivity contribution in [2.24, 2.45) is 0 Å². The number of carbonyl (C=O) groups excluding carboxylic acids is 3. The highest BCUT2D eigenvalue weighted by Crippen LogP contribution is 2.36. The Bertz CT molecular complexity index is 701. The number of fused-ring (bicyclic) bond motifs is 1. The largest absolute Gasteiger partial charge is 0.496 e. The number of aliphatic hydroxyl groups is 1. The molecule has 0 heterocycles. The molecule has 0 radical (unpaired) electrons. The summed E-state index contributed by atoms with van der Waals surface area (Å²) in [6.07, 6.45) is 0.140. The summed E-state index contributed by atoms with van der Waals surface area (Å²) in [6.45, 7) is 1.40. The van der Waals surface area contributed by atoms with E-state index in [0.29, 0.717) is 0 Å². The zero-order chi connectivity index (χ0) is 17.1. The fourth-order valence-corrected chi connectivity index (χ4v) is 2.54. The smallest absolute Gasteiger partial charge is 0.196 e. The molecular formula is C17H18O6. The predicted molar refractivity (Wildman–Crippen MR) is 82.2 cm³/mol. The number of ether oxygens (including phenoxy) is 2. The van der Waals surface area contributed by atoms with Gasteiger partial charge >= 0.3 is 0 Å². The van der Waals surface area contributed by atoms with Gasteiger partial charge in [-0.3, -0.25) is 9.59 Å². The van der Waals surface area contributed by atoms with E-state index < -0.39 is 17.7 Å². The van der Waals surface area contributed by atoms with Crippen LogP contribution < -0.4 is 9.47 Å². The van der Waals surface area contributed by atoms with Crippen LogP contribution in [0.5, 0.6) is 11.5 Å². The summed E-state index contributed by atoms with van der Waals surface area (Å²) in [4.78, 5) is 36.1. The molecule has 0 spiro atoms. The summed E-state index contributed by atoms with van der Waals surface area (Å²) in [5.41, 5.74) is 0.172. The van der Waals surface area contributed by atoms with Gasteiger partial charge in [0.1, 0.15) is 17.3 Å². The maximum atomic E-state index is 12.7. The van der Waals surface area contributed by atoms with E-state index in [1.165, 1.54) is 27.2 Å². The quantitative estimate of drug-likeness (QED) is 0.859. The van der Waals surface area contributed by atoms with E-state index in [2.05, 4.69) is 0 Å². The molecule has 0 amide bonds. The molecule has 0 saturated heterocycles. The number of carbonyl (C=O) groups is 3. The Morgan fingerprint density at radius 3 is 2.22 bits per heavy atom. The van der Waals surface area contributed by atoms with Crippen LogP contribution in [-0.4, -0.2) is 42.8 Å². The van der Waals surface area contributed by atoms with Crippen LogP contribution in [0.1, 0.15) is 40.5 Å². The van der Waals surface area contributed by atoms with Gasteiger partial charge in [-0.05, 0) is 31.6 Å². The molecule has 6 nitrogen and oxygen atoms in total. The lowest BCUT2D eigenvalue weighted by atomic mass is 9.84. The van der Waals surface area contributed by atoms with Crippen LogP contribution in [0.3, 0.4) is 0 Å². The third-order valence-electron chi connectivity index (χ3n) is 3.72. The van der Waals surface area contributed by atoms with Crippen molar-refractivity contribution in [2.45, 2.75) is 25.9 Å². The number of aliphatic hydroxyl groups excluding tert-OH is 1. The Balaban J connectivity index is 2.47. The third kappa shape index (κ3) is 3.17. The van der Waals surface area contributed by atoms with Crippen LogP contribution >= 0.6 is 0 Å². The van der Waals surface area contributed by atoms with Crippen molar-refractivity contribution in [1.29, 1.82) is 0 Å². The Labute approximate surface area is 133 Å². The summed E-state index contributed by atoms with van der Waals surface area (Å²) in [5, 5.41) is 10.2. The maximum Gasteiger partial charge on any atom is 0.196 e. The molecule has 1 aromatic carbocycles. The van der Waals surface area contributed by atoms with Gasteiger partial charge < -0.3 is 19.4 Å². The molecule has 0 aromatic heterocycles. The van der Waals surface area contributed by atoms with Crippen molar-refractivity contribution in [3.8, 4) is 11.5 Å². The standard InChI is InChI=1S/C17H18O6/c1-9(18)4-5-11(19)10-8-12(20)15-13(22-2)6-7-14(23-3)16(15)17(10)21/h6-8,11,19H,4-5H2,1-3H3. The summed E-state index contributed by atoms with van der Waals surface area (Å²) in [5.74, 6) is -0.520. The molecule has 0 saturated carbocycles. The molecule has 1 unspecified atom stereocenters. The number of rotatable bonds is 6. The van der Waals surface area contributed by atoms with Crippen LogP contribution in [0.15, 0.2) is 23.8 Å². The second kappa shape index (κ2) is 6.75. The Hall–Kier alpha value is -2.47. The van der Waals surface area contributed by atoms with Gasteiger partial charge in [-0.25, -0.2) is 0 Å². The lowest BCUT2D eigenvalue weighted by Crippen LogP contribution is -2.26. The van der Waals surface area contributed by atoms with Crippen molar-refractivity contribution in [3.05, 3.63) is 34.9 Å². The van der Waals surface area contributed by atoms with E-state index in [0.717, 1.165) is 6.08 Å². The van der Waals surface area contributed by atoms with Crippen molar-refractivity contribution in [2.75, 3.05) is 14.2 Å². The molecule has 1 aliphatic rings. The molecule has 122 valence electrons. The van der Waals surface area contributed by atoms with E-state index in [1.54, 1.807) is 6.07 Å². The fourth-order valence-electron chi connectivity index (χ4n) is 2.54. The molecule has 1 atom stereocenters. The number of hydrogen-bond acceptors (Lipinski definition) is 6. The predicted octanol–water partition coefficient (Wildman–Crippen LogP) is 1.74. The maximum absolute atomic E-state index is 12.7. The second-order valence-corrected chi connectivity index (χ2v) is 5.27. The number of methoxy groups -OCH3 is 2. The molecule has 0 aliphatic heterocycles. The minimum Gasteiger partial charge on any atom is -0.496 e. The third-order valence-corrected chi connectivity index (χ3v) is 3.72. The van der Waals surface area contributed by atoms with Crippen LogP contribution in [0.25, 0.3) is 0 Å². The number of allylic oxidation sites excluding steroid dienone is 1. The molecule has 1 N–H and O–H groups in total. The van der Waals surface area contributed by atoms with Crippen molar-refractivity contribution < 1.29 is 29.0 Å². The minimum atomic E-state index is -1.18. The van der Waals surface area contributed by atoms with E-state index >= 15 is 0 Å². The SMILES string of the molecule is COc1ccc(OC)c2c1C(=O)C=C(C(O)CCC(C)=O)C2=O. The monoisotopic (exact) mass is 318 g/mol. The number of benzene rings is 1. The normalized spacial score (nSPS) is 14.9. The average molecular weight is 318 g/mol. The second-order valence-electron chi connectivity index (χ2n) is 5.27. The Kier molecular flexibility index (Phi) is 4.95. The lowest BCUT2D eigenvalue weighted by molar-refractivity contribution is -0.117. The summed E-state index contributed by atoms with van der Waals surface area (Å²) in [6, 6.07) is 3.08. The van der Waals surface area contributed by atoms with Crippen LogP contribution in [0.2, 0.25) is 0 Å². The zero-order valence-electron chi connectivity index (χ0n) is 13.2. The zero-order valence-corrected chi connectivity index (χ0v) is 13.2. The van der Waals surface area contributed by atoms with Crippen LogP contribution in [-0.2, 0) is 4.79 Å². The highest BCUT2D eigenvalue weighted by atomic mass is 16.5. The van der Waals surface area contributed by atoms with E-state index in [4.69, 9.17) is 9.47 Å². The first-order valence-electron chi connectivity index (χ1n) is 7.13. The van der Waals surface area contributed by atoms with Crippen molar-refractivity contribution in [3.63, 3.8) is 0 Å². The van der Waals surface area contributed by atoms with Gasteiger partial charge in [-0.1, -0.05) is 0 Å². The first kappa shape index (κ1) is 16.9. The molecule has 1 aliphatic carbocycles. The molecule has 1 aromatic rings. The summed E-state index contributed by atoms with van der Waals surface area (Å²) < 4.78 is 10.3. The minimum absolute atomic E-state index is 0.0321. The van der Waals surface area contributed by atoms with Gasteiger partial charge in [0.15, 0.2) is 11.6 Å². The Morgan fingerprint density at radius 2 is 1.70 bits per heavy atom. The van der Waals surface area contributed by atoms with Crippen molar-refractivity contribution in [1.82, 2.24) is 0 Å². The number of hydrogen-bond donors (Lipinski definition) is 1. The van der Waals surface area contributed by atoms with E-state index in [9.17, 15) is 19.5 Å². The van der Waals surface area contributed by atoms with Gasteiger partial charge in [0, 0.05) is 12.0 Å². The van der Waals surface area contributed by atoms with E-state index in [-0.39, 0.29) is 46.8 Å². The average Bonchev–Trinajstić information content (AvgIpc) is 2.54. The van der Waals surface area contributed by atoms with Crippen LogP contribution in [0.4, 0.5) is 0 Å². The number of Topliss-reactive ketones (excluding diaryl/α,β-unsaturated/α-hetero) is 2. The molecule has 0 bridgehead atoms. The highest BCUT2D eigenvalue weighted by molar-refractivity contribution is 6.27. The molecular weight excluding hydrogens is 300 g/mol. The van der Waals surface area contributed by atoms with Gasteiger partial charge in [-0.2, -0.15) is 0 Å². The first-order valence-corrected chi connectivity index (χ1v) is 7.13. The summed E-state index contributed by atoms with van der Waals surface area (Å²) in [7, 11) is 2.80. The van der Waals surface area contributed by atoms with Gasteiger partial charge in [-0.15, -0.1) is 0 Å². The molecule has 0 fully saturated rings. The lowest BCUT2D eigenvalue weighted by Gasteiger charge is -2.22. The molecule has 23 heavy (non-hydrogen) atoms. The number of ketones is 3.